The van der Waals surface area contributed by atoms with Crippen LogP contribution in [0.4, 0.5) is 13.2 Å². The van der Waals surface area contributed by atoms with Gasteiger partial charge in [-0.05, 0) is 37.1 Å². The smallest absolute Gasteiger partial charge is 0.384 e. The van der Waals surface area contributed by atoms with E-state index in [4.69, 9.17) is 16.3 Å². The van der Waals surface area contributed by atoms with Gasteiger partial charge in [-0.1, -0.05) is 17.7 Å². The summed E-state index contributed by atoms with van der Waals surface area (Å²) in [6, 6.07) is 4.33. The van der Waals surface area contributed by atoms with E-state index >= 15 is 0 Å². The highest BCUT2D eigenvalue weighted by Crippen LogP contribution is 2.68. The first-order chi connectivity index (χ1) is 9.85. The number of fused-ring (bicyclic) bond motifs is 1. The number of hydrogen-bond donors (Lipinski definition) is 1. The van der Waals surface area contributed by atoms with Crippen molar-refractivity contribution in [2.45, 2.75) is 24.4 Å². The number of hydrogen-bond acceptors (Lipinski definition) is 2. The highest BCUT2D eigenvalue weighted by Gasteiger charge is 2.68. The molecule has 0 radical (unpaired) electrons. The topological polar surface area (TPSA) is 21.3 Å². The molecular formula is C15H17ClF3NO. The Kier molecular flexibility index (Phi) is 3.50. The van der Waals surface area contributed by atoms with Gasteiger partial charge < -0.3 is 10.1 Å². The van der Waals surface area contributed by atoms with Crippen LogP contribution in [-0.4, -0.2) is 26.8 Å². The van der Waals surface area contributed by atoms with Crippen LogP contribution in [0.5, 0.6) is 0 Å². The Hall–Kier alpha value is -0.780. The minimum absolute atomic E-state index is 0.0866. The Morgan fingerprint density at radius 2 is 2.14 bits per heavy atom. The van der Waals surface area contributed by atoms with Crippen LogP contribution in [0.1, 0.15) is 24.0 Å². The molecule has 1 aliphatic heterocycles. The second kappa shape index (κ2) is 4.86. The monoisotopic (exact) mass is 319 g/mol. The van der Waals surface area contributed by atoms with E-state index in [9.17, 15) is 13.2 Å². The molecule has 1 aromatic rings. The highest BCUT2D eigenvalue weighted by molar-refractivity contribution is 6.31. The number of benzene rings is 1. The molecule has 2 aliphatic rings. The molecule has 1 saturated carbocycles. The van der Waals surface area contributed by atoms with Crippen molar-refractivity contribution >= 4 is 11.6 Å². The quantitative estimate of drug-likeness (QED) is 0.918. The molecule has 0 aromatic heterocycles. The summed E-state index contributed by atoms with van der Waals surface area (Å²) in [6.45, 7) is 2.16. The van der Waals surface area contributed by atoms with Crippen LogP contribution in [0.25, 0.3) is 0 Å². The number of halogens is 4. The summed E-state index contributed by atoms with van der Waals surface area (Å²) >= 11 is 5.72. The highest BCUT2D eigenvalue weighted by atomic mass is 35.5. The average molecular weight is 320 g/mol. The zero-order chi connectivity index (χ0) is 15.3. The molecule has 2 fully saturated rings. The lowest BCUT2D eigenvalue weighted by molar-refractivity contribution is -0.137. The molecule has 0 bridgehead atoms. The van der Waals surface area contributed by atoms with Gasteiger partial charge in [0.2, 0.25) is 0 Å². The minimum Gasteiger partial charge on any atom is -0.384 e. The predicted molar refractivity (Wildman–Crippen MR) is 74.5 cm³/mol. The lowest BCUT2D eigenvalue weighted by Gasteiger charge is -2.31. The van der Waals surface area contributed by atoms with Crippen LogP contribution in [0, 0.1) is 5.41 Å². The van der Waals surface area contributed by atoms with Gasteiger partial charge in [0, 0.05) is 24.5 Å². The maximum Gasteiger partial charge on any atom is 0.417 e. The van der Waals surface area contributed by atoms with Crippen molar-refractivity contribution in [3.05, 3.63) is 34.3 Å². The molecule has 1 N–H and O–H groups in total. The number of methoxy groups -OCH3 is 1. The SMILES string of the molecule is COCC12CNCC[C@]1(c1ccc(Cl)c(C(F)(F)F)c1)C2. The molecule has 116 valence electrons. The Balaban J connectivity index is 2.01. The second-order valence-electron chi connectivity index (χ2n) is 6.09. The summed E-state index contributed by atoms with van der Waals surface area (Å²) in [7, 11) is 1.63. The van der Waals surface area contributed by atoms with Crippen LogP contribution >= 0.6 is 11.6 Å². The normalized spacial score (nSPS) is 31.9. The Morgan fingerprint density at radius 3 is 2.81 bits per heavy atom. The Morgan fingerprint density at radius 1 is 1.38 bits per heavy atom. The summed E-state index contributed by atoms with van der Waals surface area (Å²) in [5.74, 6) is 0. The van der Waals surface area contributed by atoms with Crippen molar-refractivity contribution in [1.82, 2.24) is 5.32 Å². The fraction of sp³-hybridized carbons (Fsp3) is 0.600. The zero-order valence-corrected chi connectivity index (χ0v) is 12.4. The summed E-state index contributed by atoms with van der Waals surface area (Å²) in [5, 5.41) is 3.08. The summed E-state index contributed by atoms with van der Waals surface area (Å²) in [6.07, 6.45) is -2.73. The molecule has 2 atom stereocenters. The fourth-order valence-electron chi connectivity index (χ4n) is 3.86. The third kappa shape index (κ3) is 2.26. The summed E-state index contributed by atoms with van der Waals surface area (Å²) in [4.78, 5) is 0. The lowest BCUT2D eigenvalue weighted by Crippen LogP contribution is -2.40. The van der Waals surface area contributed by atoms with Crippen molar-refractivity contribution < 1.29 is 17.9 Å². The van der Waals surface area contributed by atoms with E-state index < -0.39 is 11.7 Å². The molecule has 2 nitrogen and oxygen atoms in total. The van der Waals surface area contributed by atoms with Gasteiger partial charge in [-0.2, -0.15) is 13.2 Å². The maximum atomic E-state index is 13.1. The number of nitrogens with one attached hydrogen (secondary N) is 1. The van der Waals surface area contributed by atoms with Gasteiger partial charge in [-0.25, -0.2) is 0 Å². The van der Waals surface area contributed by atoms with Crippen LogP contribution < -0.4 is 5.32 Å². The maximum absolute atomic E-state index is 13.1. The first-order valence-corrected chi connectivity index (χ1v) is 7.29. The Labute approximate surface area is 126 Å². The van der Waals surface area contributed by atoms with Gasteiger partial charge in [0.05, 0.1) is 17.2 Å². The largest absolute Gasteiger partial charge is 0.417 e. The van der Waals surface area contributed by atoms with Gasteiger partial charge >= 0.3 is 6.18 Å². The van der Waals surface area contributed by atoms with Gasteiger partial charge in [-0.3, -0.25) is 0 Å². The van der Waals surface area contributed by atoms with E-state index in [2.05, 4.69) is 5.32 Å². The van der Waals surface area contributed by atoms with Crippen LogP contribution in [0.2, 0.25) is 5.02 Å². The second-order valence-corrected chi connectivity index (χ2v) is 6.50. The number of piperidine rings is 1. The van der Waals surface area contributed by atoms with Crippen molar-refractivity contribution in [2.75, 3.05) is 26.8 Å². The molecule has 0 spiro atoms. The molecule has 21 heavy (non-hydrogen) atoms. The zero-order valence-electron chi connectivity index (χ0n) is 11.7. The van der Waals surface area contributed by atoms with Crippen LogP contribution in [0.3, 0.4) is 0 Å². The summed E-state index contributed by atoms with van der Waals surface area (Å²) in [5.41, 5.74) is -0.305. The summed E-state index contributed by atoms with van der Waals surface area (Å²) < 4.78 is 44.5. The van der Waals surface area contributed by atoms with Crippen LogP contribution in [0.15, 0.2) is 18.2 Å². The average Bonchev–Trinajstić information content (AvgIpc) is 3.08. The number of rotatable bonds is 3. The van der Waals surface area contributed by atoms with E-state index in [1.807, 2.05) is 0 Å². The van der Waals surface area contributed by atoms with E-state index in [0.29, 0.717) is 6.61 Å². The molecule has 1 heterocycles. The third-order valence-electron chi connectivity index (χ3n) is 4.97. The lowest BCUT2D eigenvalue weighted by atomic mass is 9.81. The van der Waals surface area contributed by atoms with Gasteiger partial charge in [0.15, 0.2) is 0 Å². The number of alkyl halides is 3. The van der Waals surface area contributed by atoms with Gasteiger partial charge in [0.1, 0.15) is 0 Å². The standard InChI is InChI=1S/C15H17ClF3NO/c1-21-9-13-7-14(13,4-5-20-8-13)10-2-3-12(16)11(6-10)15(17,18)19/h2-3,6,20H,4-5,7-9H2,1H3/t13?,14-/m1/s1. The molecular weight excluding hydrogens is 303 g/mol. The van der Waals surface area contributed by atoms with Crippen LogP contribution in [-0.2, 0) is 16.3 Å². The minimum atomic E-state index is -4.42. The van der Waals surface area contributed by atoms with Gasteiger partial charge in [-0.15, -0.1) is 0 Å². The first kappa shape index (κ1) is 15.1. The van der Waals surface area contributed by atoms with E-state index in [1.54, 1.807) is 13.2 Å². The third-order valence-corrected chi connectivity index (χ3v) is 5.30. The van der Waals surface area contributed by atoms with Crippen molar-refractivity contribution in [3.8, 4) is 0 Å². The molecule has 1 unspecified atom stereocenters. The van der Waals surface area contributed by atoms with Crippen molar-refractivity contribution in [2.24, 2.45) is 5.41 Å². The molecule has 1 aliphatic carbocycles. The Bertz CT molecular complexity index is 558. The van der Waals surface area contributed by atoms with Crippen molar-refractivity contribution in [1.29, 1.82) is 0 Å². The molecule has 0 amide bonds. The van der Waals surface area contributed by atoms with E-state index in [-0.39, 0.29) is 15.9 Å². The molecule has 3 rings (SSSR count). The fourth-order valence-corrected chi connectivity index (χ4v) is 4.08. The van der Waals surface area contributed by atoms with E-state index in [0.717, 1.165) is 31.5 Å². The van der Waals surface area contributed by atoms with Crippen molar-refractivity contribution in [3.63, 3.8) is 0 Å². The number of ether oxygens (including phenoxy) is 1. The molecule has 6 heteroatoms. The molecule has 1 saturated heterocycles. The predicted octanol–water partition coefficient (Wildman–Crippen LogP) is 3.63. The van der Waals surface area contributed by atoms with Gasteiger partial charge in [0.25, 0.3) is 0 Å². The van der Waals surface area contributed by atoms with E-state index in [1.165, 1.54) is 12.1 Å². The molecule has 1 aromatic carbocycles. The first-order valence-electron chi connectivity index (χ1n) is 6.92.